The second-order valence-electron chi connectivity index (χ2n) is 5.73. The highest BCUT2D eigenvalue weighted by Gasteiger charge is 2.32. The molecule has 140 valence electrons. The summed E-state index contributed by atoms with van der Waals surface area (Å²) < 4.78 is 36.6. The second kappa shape index (κ2) is 7.22. The zero-order valence-electron chi connectivity index (χ0n) is 14.3. The van der Waals surface area contributed by atoms with Gasteiger partial charge in [0.15, 0.2) is 0 Å². The number of methoxy groups -OCH3 is 1. The van der Waals surface area contributed by atoms with Crippen LogP contribution >= 0.6 is 11.3 Å². The van der Waals surface area contributed by atoms with Crippen molar-refractivity contribution in [1.29, 1.82) is 0 Å². The first-order valence-electron chi connectivity index (χ1n) is 7.85. The zero-order valence-corrected chi connectivity index (χ0v) is 15.9. The average molecular weight is 398 g/mol. The molecule has 1 amide bonds. The van der Waals surface area contributed by atoms with Gasteiger partial charge in [-0.2, -0.15) is 4.31 Å². The van der Waals surface area contributed by atoms with Crippen LogP contribution in [0, 0.1) is 6.92 Å². The van der Waals surface area contributed by atoms with Crippen LogP contribution in [0.3, 0.4) is 0 Å². The molecule has 10 heteroatoms. The Balaban J connectivity index is 1.69. The lowest BCUT2D eigenvalue weighted by molar-refractivity contribution is 0.0600. The van der Waals surface area contributed by atoms with Crippen molar-refractivity contribution in [2.24, 2.45) is 0 Å². The summed E-state index contributed by atoms with van der Waals surface area (Å²) in [6, 6.07) is 2.93. The van der Waals surface area contributed by atoms with Crippen LogP contribution in [0.15, 0.2) is 32.4 Å². The third-order valence-corrected chi connectivity index (χ3v) is 7.52. The van der Waals surface area contributed by atoms with Gasteiger partial charge in [-0.1, -0.05) is 0 Å². The largest absolute Gasteiger partial charge is 0.469 e. The van der Waals surface area contributed by atoms with Gasteiger partial charge in [-0.3, -0.25) is 4.79 Å². The number of furan rings is 1. The molecule has 1 saturated heterocycles. The number of rotatable bonds is 4. The van der Waals surface area contributed by atoms with Crippen LogP contribution in [0.2, 0.25) is 0 Å². The van der Waals surface area contributed by atoms with Gasteiger partial charge >= 0.3 is 5.97 Å². The predicted molar refractivity (Wildman–Crippen MR) is 93.8 cm³/mol. The quantitative estimate of drug-likeness (QED) is 0.726. The Kier molecular flexibility index (Phi) is 5.17. The number of piperazine rings is 1. The molecule has 0 unspecified atom stereocenters. The van der Waals surface area contributed by atoms with Gasteiger partial charge in [-0.15, -0.1) is 11.3 Å². The topological polar surface area (TPSA) is 97.1 Å². The number of ether oxygens (including phenoxy) is 1. The summed E-state index contributed by atoms with van der Waals surface area (Å²) in [6.07, 6.45) is 1.46. The first-order valence-corrected chi connectivity index (χ1v) is 10.2. The van der Waals surface area contributed by atoms with E-state index < -0.39 is 16.0 Å². The minimum absolute atomic E-state index is 0.0864. The highest BCUT2D eigenvalue weighted by atomic mass is 32.2. The molecule has 0 radical (unpaired) electrons. The summed E-state index contributed by atoms with van der Waals surface area (Å²) in [4.78, 5) is 25.6. The molecule has 1 aliphatic heterocycles. The Morgan fingerprint density at radius 1 is 1.23 bits per heavy atom. The summed E-state index contributed by atoms with van der Waals surface area (Å²) in [7, 11) is -2.46. The number of amides is 1. The lowest BCUT2D eigenvalue weighted by Crippen LogP contribution is -2.50. The highest BCUT2D eigenvalue weighted by Crippen LogP contribution is 2.25. The van der Waals surface area contributed by atoms with Crippen LogP contribution in [0.4, 0.5) is 0 Å². The van der Waals surface area contributed by atoms with Gasteiger partial charge in [0.05, 0.1) is 24.5 Å². The first kappa shape index (κ1) is 18.6. The van der Waals surface area contributed by atoms with E-state index in [1.165, 1.54) is 29.1 Å². The number of aryl methyl sites for hydroxylation is 1. The zero-order chi connectivity index (χ0) is 18.9. The van der Waals surface area contributed by atoms with E-state index >= 15 is 0 Å². The van der Waals surface area contributed by atoms with Crippen LogP contribution in [-0.4, -0.2) is 62.8 Å². The Labute approximate surface area is 155 Å². The number of nitrogens with zero attached hydrogens (tertiary/aromatic N) is 2. The van der Waals surface area contributed by atoms with Crippen LogP contribution in [0.25, 0.3) is 0 Å². The third-order valence-electron chi connectivity index (χ3n) is 4.21. The van der Waals surface area contributed by atoms with E-state index in [9.17, 15) is 18.0 Å². The number of esters is 1. The van der Waals surface area contributed by atoms with Crippen molar-refractivity contribution in [1.82, 2.24) is 9.21 Å². The molecule has 0 saturated carbocycles. The number of carbonyl (C=O) groups excluding carboxylic acids is 2. The summed E-state index contributed by atoms with van der Waals surface area (Å²) in [5.41, 5.74) is 0.697. The van der Waals surface area contributed by atoms with Crippen LogP contribution in [0.5, 0.6) is 0 Å². The van der Waals surface area contributed by atoms with Crippen molar-refractivity contribution in [3.05, 3.63) is 40.7 Å². The number of hydrogen-bond acceptors (Lipinski definition) is 7. The molecule has 3 heterocycles. The molecule has 0 N–H and O–H groups in total. The molecule has 0 atom stereocenters. The van der Waals surface area contributed by atoms with Gasteiger partial charge in [0.25, 0.3) is 15.9 Å². The molecule has 2 aromatic rings. The molecule has 1 fully saturated rings. The molecule has 0 spiro atoms. The van der Waals surface area contributed by atoms with Crippen molar-refractivity contribution < 1.29 is 27.2 Å². The smallest absolute Gasteiger partial charge is 0.338 e. The molecule has 0 bridgehead atoms. The van der Waals surface area contributed by atoms with E-state index in [2.05, 4.69) is 4.74 Å². The van der Waals surface area contributed by atoms with Crippen molar-refractivity contribution in [2.75, 3.05) is 33.3 Å². The normalized spacial score (nSPS) is 15.8. The minimum atomic E-state index is -3.71. The highest BCUT2D eigenvalue weighted by molar-refractivity contribution is 7.91. The molecule has 26 heavy (non-hydrogen) atoms. The Bertz CT molecular complexity index is 922. The number of thiophene rings is 1. The van der Waals surface area contributed by atoms with E-state index in [1.54, 1.807) is 17.9 Å². The van der Waals surface area contributed by atoms with E-state index in [0.717, 1.165) is 11.3 Å². The van der Waals surface area contributed by atoms with E-state index in [1.807, 2.05) is 0 Å². The van der Waals surface area contributed by atoms with Crippen molar-refractivity contribution in [2.45, 2.75) is 11.1 Å². The van der Waals surface area contributed by atoms with Crippen molar-refractivity contribution in [3.63, 3.8) is 0 Å². The van der Waals surface area contributed by atoms with Crippen molar-refractivity contribution in [3.8, 4) is 0 Å². The lowest BCUT2D eigenvalue weighted by atomic mass is 10.2. The summed E-state index contributed by atoms with van der Waals surface area (Å²) in [5.74, 6) is -0.204. The van der Waals surface area contributed by atoms with Gasteiger partial charge < -0.3 is 14.1 Å². The predicted octanol–water partition coefficient (Wildman–Crippen LogP) is 1.58. The molecule has 3 rings (SSSR count). The molecular formula is C16H18N2O6S2. The summed E-state index contributed by atoms with van der Waals surface area (Å²) >= 11 is 0.978. The molecular weight excluding hydrogens is 380 g/mol. The molecule has 1 aliphatic rings. The second-order valence-corrected chi connectivity index (χ2v) is 8.81. The first-order chi connectivity index (χ1) is 12.3. The van der Waals surface area contributed by atoms with E-state index in [4.69, 9.17) is 4.42 Å². The molecule has 0 aromatic carbocycles. The van der Waals surface area contributed by atoms with Gasteiger partial charge in [-0.05, 0) is 19.1 Å². The fourth-order valence-electron chi connectivity index (χ4n) is 2.71. The number of carbonyl (C=O) groups is 2. The Morgan fingerprint density at radius 2 is 1.92 bits per heavy atom. The van der Waals surface area contributed by atoms with E-state index in [-0.39, 0.29) is 41.9 Å². The standard InChI is InChI=1S/C16H18N2O6S2/c1-11-13(3-8-24-11)15(19)17-4-6-18(7-5-17)26(21,22)14-9-12(10-25-14)16(20)23-2/h3,8-10H,4-7H2,1-2H3. The van der Waals surface area contributed by atoms with Crippen molar-refractivity contribution >= 4 is 33.2 Å². The van der Waals surface area contributed by atoms with Gasteiger partial charge in [-0.25, -0.2) is 13.2 Å². The molecule has 8 nitrogen and oxygen atoms in total. The number of sulfonamides is 1. The van der Waals surface area contributed by atoms with E-state index in [0.29, 0.717) is 11.3 Å². The lowest BCUT2D eigenvalue weighted by Gasteiger charge is -2.33. The average Bonchev–Trinajstić information content (AvgIpc) is 3.30. The fraction of sp³-hybridized carbons (Fsp3) is 0.375. The van der Waals surface area contributed by atoms with Gasteiger partial charge in [0.1, 0.15) is 9.97 Å². The fourth-order valence-corrected chi connectivity index (χ4v) is 5.44. The van der Waals surface area contributed by atoms with Gasteiger partial charge in [0.2, 0.25) is 0 Å². The Hall–Kier alpha value is -2.17. The van der Waals surface area contributed by atoms with Crippen LogP contribution < -0.4 is 0 Å². The maximum Gasteiger partial charge on any atom is 0.338 e. The van der Waals surface area contributed by atoms with Crippen LogP contribution in [0.1, 0.15) is 26.5 Å². The maximum absolute atomic E-state index is 12.7. The Morgan fingerprint density at radius 3 is 2.50 bits per heavy atom. The van der Waals surface area contributed by atoms with Gasteiger partial charge in [0, 0.05) is 31.6 Å². The monoisotopic (exact) mass is 398 g/mol. The molecule has 2 aromatic heterocycles. The number of hydrogen-bond donors (Lipinski definition) is 0. The SMILES string of the molecule is COC(=O)c1csc(S(=O)(=O)N2CCN(C(=O)c3ccoc3C)CC2)c1. The maximum atomic E-state index is 12.7. The minimum Gasteiger partial charge on any atom is -0.469 e. The summed E-state index contributed by atoms with van der Waals surface area (Å²) in [5, 5.41) is 1.46. The summed E-state index contributed by atoms with van der Waals surface area (Å²) in [6.45, 7) is 2.67. The third kappa shape index (κ3) is 3.39. The van der Waals surface area contributed by atoms with Crippen LogP contribution in [-0.2, 0) is 14.8 Å². The molecule has 0 aliphatic carbocycles.